The van der Waals surface area contributed by atoms with E-state index in [-0.39, 0.29) is 11.9 Å². The Balaban J connectivity index is 1.92. The van der Waals surface area contributed by atoms with Crippen molar-refractivity contribution in [3.05, 3.63) is 42.9 Å². The number of anilines is 1. The minimum atomic E-state index is -0.357. The van der Waals surface area contributed by atoms with Gasteiger partial charge in [0.25, 0.3) is 11.9 Å². The molecule has 1 N–H and O–H groups in total. The van der Waals surface area contributed by atoms with Crippen LogP contribution in [0, 0.1) is 0 Å². The molecule has 0 aliphatic heterocycles. The highest BCUT2D eigenvalue weighted by atomic mass is 16.3. The summed E-state index contributed by atoms with van der Waals surface area (Å²) in [5.74, 6) is 0.379. The molecule has 0 spiro atoms. The third kappa shape index (κ3) is 3.14. The minimum Gasteiger partial charge on any atom is -0.465 e. The Morgan fingerprint density at radius 3 is 3.22 bits per heavy atom. The second kappa shape index (κ2) is 5.58. The highest BCUT2D eigenvalue weighted by Crippen LogP contribution is 2.02. The van der Waals surface area contributed by atoms with Crippen molar-refractivity contribution in [3.8, 4) is 0 Å². The number of hydrogen-bond acceptors (Lipinski definition) is 5. The third-order valence-corrected chi connectivity index (χ3v) is 1.92. The number of nitrogens with zero attached hydrogens (tertiary/aromatic N) is 4. The van der Waals surface area contributed by atoms with Crippen LogP contribution >= 0.6 is 0 Å². The van der Waals surface area contributed by atoms with Gasteiger partial charge in [-0.05, 0) is 23.4 Å². The summed E-state index contributed by atoms with van der Waals surface area (Å²) in [6.07, 6.45) is 6.03. The van der Waals surface area contributed by atoms with Crippen molar-refractivity contribution in [2.75, 3.05) is 5.32 Å². The quantitative estimate of drug-likeness (QED) is 0.629. The lowest BCUT2D eigenvalue weighted by Gasteiger charge is -1.93. The average Bonchev–Trinajstić information content (AvgIpc) is 2.99. The molecule has 2 aromatic heterocycles. The molecule has 18 heavy (non-hydrogen) atoms. The van der Waals surface area contributed by atoms with Gasteiger partial charge in [-0.3, -0.25) is 10.1 Å². The number of hydrogen-bond donors (Lipinski definition) is 1. The molecule has 0 aromatic carbocycles. The van der Waals surface area contributed by atoms with Gasteiger partial charge >= 0.3 is 0 Å². The van der Waals surface area contributed by atoms with Crippen molar-refractivity contribution < 1.29 is 9.21 Å². The lowest BCUT2D eigenvalue weighted by Crippen LogP contribution is -2.09. The molecule has 0 unspecified atom stereocenters. The van der Waals surface area contributed by atoms with Gasteiger partial charge in [-0.1, -0.05) is 11.2 Å². The maximum Gasteiger partial charge on any atom is 0.270 e. The fourth-order valence-electron chi connectivity index (χ4n) is 1.18. The predicted molar refractivity (Wildman–Crippen MR) is 64.4 cm³/mol. The SMILES string of the molecule is C=CCn1nnc(NC(=O)/C=C/c2ccco2)n1. The molecule has 0 aliphatic carbocycles. The van der Waals surface area contributed by atoms with E-state index in [2.05, 4.69) is 27.3 Å². The van der Waals surface area contributed by atoms with E-state index in [1.54, 1.807) is 24.3 Å². The molecule has 1 amide bonds. The first-order valence-corrected chi connectivity index (χ1v) is 5.19. The molecular formula is C11H11N5O2. The van der Waals surface area contributed by atoms with E-state index >= 15 is 0 Å². The summed E-state index contributed by atoms with van der Waals surface area (Å²) in [7, 11) is 0. The second-order valence-corrected chi connectivity index (χ2v) is 3.29. The van der Waals surface area contributed by atoms with Crippen LogP contribution in [0.1, 0.15) is 5.76 Å². The highest BCUT2D eigenvalue weighted by Gasteiger charge is 2.04. The molecule has 0 saturated heterocycles. The highest BCUT2D eigenvalue weighted by molar-refractivity contribution is 6.00. The molecule has 0 fully saturated rings. The van der Waals surface area contributed by atoms with E-state index < -0.39 is 0 Å². The summed E-state index contributed by atoms with van der Waals surface area (Å²) < 4.78 is 5.04. The summed E-state index contributed by atoms with van der Waals surface area (Å²) >= 11 is 0. The van der Waals surface area contributed by atoms with Crippen LogP contribution in [-0.2, 0) is 11.3 Å². The van der Waals surface area contributed by atoms with E-state index in [0.29, 0.717) is 12.3 Å². The van der Waals surface area contributed by atoms with Crippen molar-refractivity contribution in [2.45, 2.75) is 6.54 Å². The number of furan rings is 1. The van der Waals surface area contributed by atoms with Crippen molar-refractivity contribution in [3.63, 3.8) is 0 Å². The first kappa shape index (κ1) is 11.8. The zero-order valence-corrected chi connectivity index (χ0v) is 9.48. The van der Waals surface area contributed by atoms with E-state index in [9.17, 15) is 4.79 Å². The summed E-state index contributed by atoms with van der Waals surface area (Å²) in [4.78, 5) is 12.8. The Hall–Kier alpha value is -2.70. The number of carbonyl (C=O) groups is 1. The number of aromatic nitrogens is 4. The molecular weight excluding hydrogens is 234 g/mol. The third-order valence-electron chi connectivity index (χ3n) is 1.92. The average molecular weight is 245 g/mol. The van der Waals surface area contributed by atoms with Crippen LogP contribution in [0.25, 0.3) is 6.08 Å². The van der Waals surface area contributed by atoms with Crippen LogP contribution in [0.15, 0.2) is 41.5 Å². The van der Waals surface area contributed by atoms with Crippen LogP contribution < -0.4 is 5.32 Å². The number of tetrazole rings is 1. The molecule has 92 valence electrons. The minimum absolute atomic E-state index is 0.144. The van der Waals surface area contributed by atoms with Crippen molar-refractivity contribution in [1.82, 2.24) is 20.2 Å². The van der Waals surface area contributed by atoms with E-state index in [0.717, 1.165) is 0 Å². The van der Waals surface area contributed by atoms with E-state index in [1.165, 1.54) is 17.1 Å². The maximum absolute atomic E-state index is 11.5. The van der Waals surface area contributed by atoms with E-state index in [1.807, 2.05) is 0 Å². The van der Waals surface area contributed by atoms with E-state index in [4.69, 9.17) is 4.42 Å². The summed E-state index contributed by atoms with van der Waals surface area (Å²) in [5.41, 5.74) is 0. The fraction of sp³-hybridized carbons (Fsp3) is 0.0909. The molecule has 2 heterocycles. The Labute approximate surface area is 103 Å². The molecule has 0 radical (unpaired) electrons. The number of nitrogens with one attached hydrogen (secondary N) is 1. The van der Waals surface area contributed by atoms with Crippen LogP contribution in [0.3, 0.4) is 0 Å². The summed E-state index contributed by atoms with van der Waals surface area (Å²) in [5, 5.41) is 13.8. The van der Waals surface area contributed by atoms with Crippen LogP contribution in [0.5, 0.6) is 0 Å². The van der Waals surface area contributed by atoms with Gasteiger partial charge in [0.15, 0.2) is 0 Å². The number of allylic oxidation sites excluding steroid dienone is 1. The lowest BCUT2D eigenvalue weighted by atomic mass is 10.4. The molecule has 0 bridgehead atoms. The Morgan fingerprint density at radius 1 is 1.61 bits per heavy atom. The standard InChI is InChI=1S/C11H11N5O2/c1-2-7-16-14-11(13-15-16)12-10(17)6-5-9-4-3-8-18-9/h2-6,8H,1,7H2,(H,12,14,17)/b6-5+. The van der Waals surface area contributed by atoms with Gasteiger partial charge in [0.2, 0.25) is 0 Å². The first-order valence-electron chi connectivity index (χ1n) is 5.19. The van der Waals surface area contributed by atoms with Gasteiger partial charge in [0.1, 0.15) is 5.76 Å². The van der Waals surface area contributed by atoms with Gasteiger partial charge in [0.05, 0.1) is 12.8 Å². The normalized spacial score (nSPS) is 10.7. The lowest BCUT2D eigenvalue weighted by molar-refractivity contribution is -0.111. The first-order chi connectivity index (χ1) is 8.78. The fourth-order valence-corrected chi connectivity index (χ4v) is 1.18. The maximum atomic E-state index is 11.5. The van der Waals surface area contributed by atoms with Gasteiger partial charge < -0.3 is 4.42 Å². The predicted octanol–water partition coefficient (Wildman–Crippen LogP) is 1.10. The van der Waals surface area contributed by atoms with Crippen LogP contribution in [0.4, 0.5) is 5.95 Å². The van der Waals surface area contributed by atoms with Gasteiger partial charge in [-0.15, -0.1) is 11.7 Å². The number of amides is 1. The topological polar surface area (TPSA) is 85.8 Å². The smallest absolute Gasteiger partial charge is 0.270 e. The number of carbonyl (C=O) groups excluding carboxylic acids is 1. The van der Waals surface area contributed by atoms with Crippen molar-refractivity contribution in [2.24, 2.45) is 0 Å². The van der Waals surface area contributed by atoms with Gasteiger partial charge in [-0.25, -0.2) is 0 Å². The Kier molecular flexibility index (Phi) is 3.65. The van der Waals surface area contributed by atoms with Crippen LogP contribution in [0.2, 0.25) is 0 Å². The second-order valence-electron chi connectivity index (χ2n) is 3.29. The van der Waals surface area contributed by atoms with Crippen molar-refractivity contribution >= 4 is 17.9 Å². The molecule has 2 aromatic rings. The van der Waals surface area contributed by atoms with Gasteiger partial charge in [0, 0.05) is 6.08 Å². The summed E-state index contributed by atoms with van der Waals surface area (Å²) in [6.45, 7) is 3.98. The molecule has 0 saturated carbocycles. The summed E-state index contributed by atoms with van der Waals surface area (Å²) in [6, 6.07) is 3.47. The Morgan fingerprint density at radius 2 is 2.50 bits per heavy atom. The largest absolute Gasteiger partial charge is 0.465 e. The zero-order chi connectivity index (χ0) is 12.8. The van der Waals surface area contributed by atoms with Gasteiger partial charge in [-0.2, -0.15) is 4.80 Å². The molecule has 7 nitrogen and oxygen atoms in total. The molecule has 2 rings (SSSR count). The molecule has 7 heteroatoms. The number of rotatable bonds is 5. The monoisotopic (exact) mass is 245 g/mol. The molecule has 0 atom stereocenters. The Bertz CT molecular complexity index is 556. The van der Waals surface area contributed by atoms with Crippen molar-refractivity contribution in [1.29, 1.82) is 0 Å². The molecule has 0 aliphatic rings. The van der Waals surface area contributed by atoms with Crippen LogP contribution in [-0.4, -0.2) is 26.1 Å². The zero-order valence-electron chi connectivity index (χ0n) is 9.48.